The van der Waals surface area contributed by atoms with E-state index in [9.17, 15) is 0 Å². The van der Waals surface area contributed by atoms with Crippen molar-refractivity contribution in [2.24, 2.45) is 0 Å². The number of rotatable bonds is 5. The molecule has 8 heteroatoms. The first kappa shape index (κ1) is 17.3. The lowest BCUT2D eigenvalue weighted by Crippen LogP contribution is -2.02. The summed E-state index contributed by atoms with van der Waals surface area (Å²) in [5.74, 6) is 1.47. The minimum Gasteiger partial charge on any atom is -0.495 e. The molecule has 0 bridgehead atoms. The number of methoxy groups -OCH3 is 1. The summed E-state index contributed by atoms with van der Waals surface area (Å²) in [6, 6.07) is 11.0. The number of hydrogen-bond acceptors (Lipinski definition) is 6. The van der Waals surface area contributed by atoms with Crippen molar-refractivity contribution in [3.05, 3.63) is 58.2 Å². The largest absolute Gasteiger partial charge is 0.495 e. The SMILES string of the molecule is COc1ccc(Nc2nncc(Nc3ccc(C)c(Cl)c3)n2)cc1Cl. The minimum absolute atomic E-state index is 0.337. The number of aryl methyl sites for hydroxylation is 1. The number of nitrogens with one attached hydrogen (secondary N) is 2. The van der Waals surface area contributed by atoms with Crippen LogP contribution in [0.25, 0.3) is 0 Å². The molecule has 0 unspecified atom stereocenters. The Morgan fingerprint density at radius 3 is 2.40 bits per heavy atom. The van der Waals surface area contributed by atoms with Crippen LogP contribution in [0.3, 0.4) is 0 Å². The number of hydrogen-bond donors (Lipinski definition) is 2. The van der Waals surface area contributed by atoms with Crippen LogP contribution in [-0.4, -0.2) is 22.3 Å². The maximum absolute atomic E-state index is 6.13. The highest BCUT2D eigenvalue weighted by Gasteiger charge is 2.06. The van der Waals surface area contributed by atoms with E-state index >= 15 is 0 Å². The van der Waals surface area contributed by atoms with Gasteiger partial charge < -0.3 is 15.4 Å². The molecule has 0 saturated carbocycles. The predicted octanol–water partition coefficient (Wildman–Crippen LogP) is 4.98. The van der Waals surface area contributed by atoms with Crippen molar-refractivity contribution in [1.29, 1.82) is 0 Å². The second-order valence-corrected chi connectivity index (χ2v) is 6.04. The molecule has 1 aromatic heterocycles. The van der Waals surface area contributed by atoms with Gasteiger partial charge in [0.1, 0.15) is 5.75 Å². The normalized spacial score (nSPS) is 10.4. The highest BCUT2D eigenvalue weighted by atomic mass is 35.5. The number of anilines is 4. The van der Waals surface area contributed by atoms with Gasteiger partial charge in [-0.3, -0.25) is 0 Å². The van der Waals surface area contributed by atoms with Gasteiger partial charge >= 0.3 is 0 Å². The minimum atomic E-state index is 0.337. The molecule has 0 aliphatic carbocycles. The third-order valence-electron chi connectivity index (χ3n) is 3.41. The summed E-state index contributed by atoms with van der Waals surface area (Å²) in [5, 5.41) is 15.3. The molecular formula is C17H15Cl2N5O. The van der Waals surface area contributed by atoms with Crippen molar-refractivity contribution >= 4 is 46.3 Å². The van der Waals surface area contributed by atoms with Crippen molar-refractivity contribution in [2.75, 3.05) is 17.7 Å². The molecule has 0 spiro atoms. The van der Waals surface area contributed by atoms with E-state index in [0.717, 1.165) is 16.9 Å². The van der Waals surface area contributed by atoms with E-state index in [0.29, 0.717) is 27.6 Å². The molecule has 3 aromatic rings. The van der Waals surface area contributed by atoms with Crippen molar-refractivity contribution in [2.45, 2.75) is 6.92 Å². The quantitative estimate of drug-likeness (QED) is 0.654. The first-order valence-corrected chi connectivity index (χ1v) is 8.14. The number of halogens is 2. The van der Waals surface area contributed by atoms with E-state index in [1.165, 1.54) is 6.20 Å². The summed E-state index contributed by atoms with van der Waals surface area (Å²) in [6.45, 7) is 1.94. The van der Waals surface area contributed by atoms with E-state index in [1.807, 2.05) is 31.2 Å². The fraction of sp³-hybridized carbons (Fsp3) is 0.118. The van der Waals surface area contributed by atoms with E-state index < -0.39 is 0 Å². The van der Waals surface area contributed by atoms with Crippen LogP contribution in [0.1, 0.15) is 5.56 Å². The number of nitrogens with zero attached hydrogens (tertiary/aromatic N) is 3. The van der Waals surface area contributed by atoms with Gasteiger partial charge in [-0.25, -0.2) is 0 Å². The Morgan fingerprint density at radius 1 is 0.960 bits per heavy atom. The van der Waals surface area contributed by atoms with Gasteiger partial charge in [0.25, 0.3) is 0 Å². The number of ether oxygens (including phenoxy) is 1. The summed E-state index contributed by atoms with van der Waals surface area (Å²) in [4.78, 5) is 4.37. The monoisotopic (exact) mass is 375 g/mol. The zero-order chi connectivity index (χ0) is 17.8. The molecule has 3 rings (SSSR count). The molecule has 2 N–H and O–H groups in total. The van der Waals surface area contributed by atoms with Crippen molar-refractivity contribution in [3.63, 3.8) is 0 Å². The molecule has 0 fully saturated rings. The molecule has 0 saturated heterocycles. The second-order valence-electron chi connectivity index (χ2n) is 5.23. The average Bonchev–Trinajstić information content (AvgIpc) is 2.59. The van der Waals surface area contributed by atoms with E-state index in [-0.39, 0.29) is 0 Å². The van der Waals surface area contributed by atoms with Gasteiger partial charge in [0, 0.05) is 16.4 Å². The van der Waals surface area contributed by atoms with Gasteiger partial charge in [0.15, 0.2) is 5.82 Å². The Labute approximate surface area is 155 Å². The summed E-state index contributed by atoms with van der Waals surface area (Å²) >= 11 is 12.3. The van der Waals surface area contributed by atoms with Gasteiger partial charge in [0.05, 0.1) is 18.3 Å². The molecule has 1 heterocycles. The van der Waals surface area contributed by atoms with Gasteiger partial charge in [-0.2, -0.15) is 10.1 Å². The molecule has 128 valence electrons. The molecule has 0 radical (unpaired) electrons. The zero-order valence-electron chi connectivity index (χ0n) is 13.5. The van der Waals surface area contributed by atoms with E-state index in [2.05, 4.69) is 25.8 Å². The topological polar surface area (TPSA) is 72.0 Å². The highest BCUT2D eigenvalue weighted by molar-refractivity contribution is 6.32. The van der Waals surface area contributed by atoms with Crippen molar-refractivity contribution in [1.82, 2.24) is 15.2 Å². The molecule has 25 heavy (non-hydrogen) atoms. The Kier molecular flexibility index (Phi) is 5.21. The summed E-state index contributed by atoms with van der Waals surface area (Å²) < 4.78 is 5.13. The summed E-state index contributed by atoms with van der Waals surface area (Å²) in [7, 11) is 1.56. The Hall–Kier alpha value is -2.57. The first-order valence-electron chi connectivity index (χ1n) is 7.38. The van der Waals surface area contributed by atoms with E-state index in [1.54, 1.807) is 19.2 Å². The van der Waals surface area contributed by atoms with Gasteiger partial charge in [-0.15, -0.1) is 5.10 Å². The van der Waals surface area contributed by atoms with Crippen molar-refractivity contribution < 1.29 is 4.74 Å². The molecule has 0 atom stereocenters. The molecular weight excluding hydrogens is 361 g/mol. The summed E-state index contributed by atoms with van der Waals surface area (Å²) in [6.07, 6.45) is 1.53. The molecule has 0 aliphatic heterocycles. The Morgan fingerprint density at radius 2 is 1.68 bits per heavy atom. The van der Waals surface area contributed by atoms with Crippen LogP contribution in [0.2, 0.25) is 10.0 Å². The lowest BCUT2D eigenvalue weighted by atomic mass is 10.2. The Balaban J connectivity index is 1.77. The Bertz CT molecular complexity index is 904. The van der Waals surface area contributed by atoms with Crippen molar-refractivity contribution in [3.8, 4) is 5.75 Å². The molecule has 2 aromatic carbocycles. The van der Waals surface area contributed by atoms with Crippen LogP contribution in [0.15, 0.2) is 42.6 Å². The fourth-order valence-corrected chi connectivity index (χ4v) is 2.55. The standard InChI is InChI=1S/C17H15Cl2N5O/c1-10-3-4-11(7-13(10)18)21-16-9-20-24-17(23-16)22-12-5-6-15(25-2)14(19)8-12/h3-9H,1-2H3,(H2,21,22,23,24). The molecule has 0 amide bonds. The van der Waals surface area contributed by atoms with Crippen LogP contribution in [-0.2, 0) is 0 Å². The molecule has 6 nitrogen and oxygen atoms in total. The lowest BCUT2D eigenvalue weighted by Gasteiger charge is -2.09. The van der Waals surface area contributed by atoms with Gasteiger partial charge in [0.2, 0.25) is 5.95 Å². The average molecular weight is 376 g/mol. The fourth-order valence-electron chi connectivity index (χ4n) is 2.11. The third kappa shape index (κ3) is 4.29. The van der Waals surface area contributed by atoms with Crippen LogP contribution in [0.4, 0.5) is 23.1 Å². The number of aromatic nitrogens is 3. The zero-order valence-corrected chi connectivity index (χ0v) is 15.1. The van der Waals surface area contributed by atoms with Gasteiger partial charge in [-0.1, -0.05) is 29.3 Å². The smallest absolute Gasteiger partial charge is 0.249 e. The second kappa shape index (κ2) is 7.55. The number of benzene rings is 2. The highest BCUT2D eigenvalue weighted by Crippen LogP contribution is 2.28. The predicted molar refractivity (Wildman–Crippen MR) is 101 cm³/mol. The third-order valence-corrected chi connectivity index (χ3v) is 4.11. The lowest BCUT2D eigenvalue weighted by molar-refractivity contribution is 0.415. The van der Waals surface area contributed by atoms with Gasteiger partial charge in [-0.05, 0) is 42.8 Å². The summed E-state index contributed by atoms with van der Waals surface area (Å²) in [5.41, 5.74) is 2.55. The van der Waals surface area contributed by atoms with Crippen LogP contribution >= 0.6 is 23.2 Å². The van der Waals surface area contributed by atoms with E-state index in [4.69, 9.17) is 27.9 Å². The first-order chi connectivity index (χ1) is 12.0. The van der Waals surface area contributed by atoms with Crippen LogP contribution in [0.5, 0.6) is 5.75 Å². The van der Waals surface area contributed by atoms with Crippen LogP contribution < -0.4 is 15.4 Å². The maximum Gasteiger partial charge on any atom is 0.249 e. The van der Waals surface area contributed by atoms with Crippen LogP contribution in [0, 0.1) is 6.92 Å². The molecule has 0 aliphatic rings. The maximum atomic E-state index is 6.13.